The molecule has 0 atom stereocenters. The molecule has 0 aliphatic carbocycles. The molecular weight excluding hydrogens is 528 g/mol. The summed E-state index contributed by atoms with van der Waals surface area (Å²) in [6.45, 7) is 0. The molecule has 9 rings (SSSR count). The van der Waals surface area contributed by atoms with Crippen molar-refractivity contribution in [1.82, 2.24) is 0 Å². The number of nitrogens with zero attached hydrogens (tertiary/aromatic N) is 2. The Balaban J connectivity index is 1.41. The Morgan fingerprint density at radius 1 is 0.465 bits per heavy atom. The molecule has 200 valence electrons. The van der Waals surface area contributed by atoms with Crippen molar-refractivity contribution in [2.45, 2.75) is 0 Å². The lowest BCUT2D eigenvalue weighted by Crippen LogP contribution is -2.11. The Kier molecular flexibility index (Phi) is 4.93. The van der Waals surface area contributed by atoms with E-state index in [2.05, 4.69) is 102 Å². The van der Waals surface area contributed by atoms with Gasteiger partial charge in [-0.25, -0.2) is 0 Å². The predicted molar refractivity (Wildman–Crippen MR) is 175 cm³/mol. The second-order valence-electron chi connectivity index (χ2n) is 10.9. The lowest BCUT2D eigenvalue weighted by Gasteiger charge is -2.27. The van der Waals surface area contributed by atoms with Crippen molar-refractivity contribution >= 4 is 82.5 Å². The van der Waals surface area contributed by atoms with E-state index in [1.807, 2.05) is 42.5 Å². The van der Waals surface area contributed by atoms with Crippen molar-refractivity contribution in [3.63, 3.8) is 0 Å². The molecule has 0 saturated carbocycles. The first-order chi connectivity index (χ1) is 21.3. The van der Waals surface area contributed by atoms with Crippen LogP contribution < -0.4 is 4.90 Å². The zero-order chi connectivity index (χ0) is 28.5. The lowest BCUT2D eigenvalue weighted by atomic mass is 10.0. The van der Waals surface area contributed by atoms with E-state index in [9.17, 15) is 5.26 Å². The van der Waals surface area contributed by atoms with Gasteiger partial charge in [0.2, 0.25) is 0 Å². The highest BCUT2D eigenvalue weighted by Crippen LogP contribution is 2.47. The topological polar surface area (TPSA) is 53.3 Å². The largest absolute Gasteiger partial charge is 0.455 e. The highest BCUT2D eigenvalue weighted by Gasteiger charge is 2.23. The molecule has 0 N–H and O–H groups in total. The Morgan fingerprint density at radius 2 is 1.12 bits per heavy atom. The molecule has 0 aliphatic rings. The molecule has 4 nitrogen and oxygen atoms in total. The van der Waals surface area contributed by atoms with Crippen LogP contribution in [0.5, 0.6) is 0 Å². The van der Waals surface area contributed by atoms with E-state index < -0.39 is 0 Å². The summed E-state index contributed by atoms with van der Waals surface area (Å²) < 4.78 is 13.1. The predicted octanol–water partition coefficient (Wildman–Crippen LogP) is 11.1. The molecule has 9 aromatic rings. The first-order valence-electron chi connectivity index (χ1n) is 14.2. The quantitative estimate of drug-likeness (QED) is 0.220. The molecule has 2 aromatic heterocycles. The summed E-state index contributed by atoms with van der Waals surface area (Å²) in [5.74, 6) is 0. The van der Waals surface area contributed by atoms with Crippen LogP contribution >= 0.6 is 0 Å². The minimum Gasteiger partial charge on any atom is -0.455 e. The average Bonchev–Trinajstić information content (AvgIpc) is 3.63. The van der Waals surface area contributed by atoms with Gasteiger partial charge in [-0.05, 0) is 65.4 Å². The van der Waals surface area contributed by atoms with Gasteiger partial charge in [-0.3, -0.25) is 0 Å². The molecule has 2 heterocycles. The summed E-state index contributed by atoms with van der Waals surface area (Å²) in [5.41, 5.74) is 6.83. The number of hydrogen-bond donors (Lipinski definition) is 0. The zero-order valence-electron chi connectivity index (χ0n) is 22.9. The van der Waals surface area contributed by atoms with E-state index >= 15 is 0 Å². The van der Waals surface area contributed by atoms with Crippen molar-refractivity contribution in [3.05, 3.63) is 139 Å². The van der Waals surface area contributed by atoms with Crippen LogP contribution in [0.25, 0.3) is 65.4 Å². The highest BCUT2D eigenvalue weighted by atomic mass is 16.3. The molecule has 0 amide bonds. The molecule has 7 aromatic carbocycles. The maximum atomic E-state index is 9.55. The van der Waals surface area contributed by atoms with Gasteiger partial charge in [0.15, 0.2) is 5.58 Å². The van der Waals surface area contributed by atoms with Crippen molar-refractivity contribution in [2.24, 2.45) is 0 Å². The fraction of sp³-hybridized carbons (Fsp3) is 0. The van der Waals surface area contributed by atoms with Gasteiger partial charge >= 0.3 is 0 Å². The van der Waals surface area contributed by atoms with E-state index in [1.54, 1.807) is 0 Å². The first kappa shape index (κ1) is 23.6. The van der Waals surface area contributed by atoms with Crippen LogP contribution in [0.3, 0.4) is 0 Å². The Morgan fingerprint density at radius 3 is 1.93 bits per heavy atom. The normalized spacial score (nSPS) is 11.7. The van der Waals surface area contributed by atoms with Crippen molar-refractivity contribution in [3.8, 4) is 6.07 Å². The molecule has 0 fully saturated rings. The van der Waals surface area contributed by atoms with E-state index in [0.29, 0.717) is 5.56 Å². The molecule has 43 heavy (non-hydrogen) atoms. The maximum absolute atomic E-state index is 9.55. The van der Waals surface area contributed by atoms with Gasteiger partial charge in [0.1, 0.15) is 16.7 Å². The summed E-state index contributed by atoms with van der Waals surface area (Å²) in [5, 5.41) is 18.2. The second-order valence-corrected chi connectivity index (χ2v) is 10.9. The van der Waals surface area contributed by atoms with Gasteiger partial charge in [-0.1, -0.05) is 78.9 Å². The summed E-state index contributed by atoms with van der Waals surface area (Å²) in [4.78, 5) is 2.24. The van der Waals surface area contributed by atoms with E-state index in [-0.39, 0.29) is 0 Å². The van der Waals surface area contributed by atoms with E-state index in [0.717, 1.165) is 77.1 Å². The van der Waals surface area contributed by atoms with E-state index in [4.69, 9.17) is 8.83 Å². The highest BCUT2D eigenvalue weighted by molar-refractivity contribution is 6.22. The maximum Gasteiger partial charge on any atom is 0.159 e. The lowest BCUT2D eigenvalue weighted by molar-refractivity contribution is 0.669. The summed E-state index contributed by atoms with van der Waals surface area (Å²) in [6, 6.07) is 47.8. The number of furan rings is 2. The van der Waals surface area contributed by atoms with Crippen LogP contribution in [-0.2, 0) is 0 Å². The van der Waals surface area contributed by atoms with Crippen LogP contribution in [0.2, 0.25) is 0 Å². The minimum atomic E-state index is 0.610. The van der Waals surface area contributed by atoms with Crippen molar-refractivity contribution < 1.29 is 8.83 Å². The molecule has 4 heteroatoms. The smallest absolute Gasteiger partial charge is 0.159 e. The number of anilines is 3. The fourth-order valence-corrected chi connectivity index (χ4v) is 6.45. The van der Waals surface area contributed by atoms with Gasteiger partial charge in [-0.2, -0.15) is 5.26 Å². The third-order valence-electron chi connectivity index (χ3n) is 8.44. The van der Waals surface area contributed by atoms with Crippen molar-refractivity contribution in [1.29, 1.82) is 5.26 Å². The number of nitriles is 1. The van der Waals surface area contributed by atoms with Crippen LogP contribution in [0.15, 0.2) is 142 Å². The molecule has 0 spiro atoms. The third kappa shape index (κ3) is 3.49. The molecule has 0 unspecified atom stereocenters. The number of benzene rings is 7. The number of hydrogen-bond acceptors (Lipinski definition) is 4. The fourth-order valence-electron chi connectivity index (χ4n) is 6.45. The van der Waals surface area contributed by atoms with E-state index in [1.165, 1.54) is 5.39 Å². The average molecular weight is 551 g/mol. The van der Waals surface area contributed by atoms with Crippen molar-refractivity contribution in [2.75, 3.05) is 4.90 Å². The van der Waals surface area contributed by atoms with Gasteiger partial charge in [0.25, 0.3) is 0 Å². The van der Waals surface area contributed by atoms with Gasteiger partial charge in [0, 0.05) is 38.0 Å². The van der Waals surface area contributed by atoms with Crippen LogP contribution in [0.1, 0.15) is 5.56 Å². The number of para-hydroxylation sites is 2. The zero-order valence-corrected chi connectivity index (χ0v) is 22.9. The Hall–Kier alpha value is -6.05. The monoisotopic (exact) mass is 550 g/mol. The van der Waals surface area contributed by atoms with Gasteiger partial charge < -0.3 is 13.7 Å². The first-order valence-corrected chi connectivity index (χ1v) is 14.2. The molecule has 0 aliphatic heterocycles. The summed E-state index contributed by atoms with van der Waals surface area (Å²) in [6.07, 6.45) is 0. The van der Waals surface area contributed by atoms with Crippen LogP contribution in [0.4, 0.5) is 17.1 Å². The molecular formula is C39H22N2O2. The Labute approximate surface area is 246 Å². The Bertz CT molecular complexity index is 2580. The third-order valence-corrected chi connectivity index (χ3v) is 8.44. The van der Waals surface area contributed by atoms with Gasteiger partial charge in [0.05, 0.1) is 23.0 Å². The molecule has 0 bridgehead atoms. The standard InChI is InChI=1S/C39H22N2O2/c40-23-24-16-18-27(19-17-24)41(34-14-7-13-31-29-11-5-6-15-36(29)42-39(31)34)35-22-33-32-20-25-8-1-2-9-26(25)21-37(32)43-38(33)30-12-4-3-10-28(30)35/h1-22H. The number of fused-ring (bicyclic) bond motifs is 9. The van der Waals surface area contributed by atoms with Crippen LogP contribution in [-0.4, -0.2) is 0 Å². The molecule has 0 saturated heterocycles. The summed E-state index contributed by atoms with van der Waals surface area (Å²) in [7, 11) is 0. The second kappa shape index (κ2) is 8.97. The van der Waals surface area contributed by atoms with Crippen LogP contribution in [0, 0.1) is 11.3 Å². The summed E-state index contributed by atoms with van der Waals surface area (Å²) >= 11 is 0. The SMILES string of the molecule is N#Cc1ccc(N(c2cc3c4cc5ccccc5cc4oc3c3ccccc23)c2cccc3c2oc2ccccc23)cc1. The molecule has 0 radical (unpaired) electrons. The van der Waals surface area contributed by atoms with Gasteiger partial charge in [-0.15, -0.1) is 0 Å². The number of rotatable bonds is 3. The minimum absolute atomic E-state index is 0.610.